The van der Waals surface area contributed by atoms with Gasteiger partial charge in [0.2, 0.25) is 0 Å². The van der Waals surface area contributed by atoms with Crippen LogP contribution in [0.4, 0.5) is 0 Å². The number of hydrogen-bond donors (Lipinski definition) is 1. The molecule has 31 heavy (non-hydrogen) atoms. The highest BCUT2D eigenvalue weighted by molar-refractivity contribution is 8.01. The van der Waals surface area contributed by atoms with Crippen LogP contribution < -0.4 is 5.32 Å². The number of pyridine rings is 1. The van der Waals surface area contributed by atoms with Crippen LogP contribution in [0.2, 0.25) is 0 Å². The molecule has 8 heteroatoms. The number of carbonyl (C=O) groups is 1. The zero-order chi connectivity index (χ0) is 21.6. The van der Waals surface area contributed by atoms with Crippen LogP contribution in [-0.4, -0.2) is 46.1 Å². The zero-order valence-corrected chi connectivity index (χ0v) is 19.0. The van der Waals surface area contributed by atoms with Crippen LogP contribution in [0.3, 0.4) is 0 Å². The van der Waals surface area contributed by atoms with Gasteiger partial charge in [0.15, 0.2) is 4.34 Å². The van der Waals surface area contributed by atoms with Crippen molar-refractivity contribution in [3.63, 3.8) is 0 Å². The summed E-state index contributed by atoms with van der Waals surface area (Å²) in [6.45, 7) is 4.09. The Morgan fingerprint density at radius 2 is 1.87 bits per heavy atom. The van der Waals surface area contributed by atoms with Crippen LogP contribution in [-0.2, 0) is 6.54 Å². The molecule has 0 atom stereocenters. The second kappa shape index (κ2) is 10.00. The molecule has 2 aromatic carbocycles. The minimum absolute atomic E-state index is 0.0954. The highest BCUT2D eigenvalue weighted by Crippen LogP contribution is 2.31. The zero-order valence-electron chi connectivity index (χ0n) is 17.4. The van der Waals surface area contributed by atoms with Crippen LogP contribution in [0.25, 0.3) is 10.9 Å². The van der Waals surface area contributed by atoms with E-state index in [-0.39, 0.29) is 5.91 Å². The van der Waals surface area contributed by atoms with E-state index in [2.05, 4.69) is 39.6 Å². The van der Waals surface area contributed by atoms with Gasteiger partial charge in [0.1, 0.15) is 10.0 Å². The second-order valence-electron chi connectivity index (χ2n) is 7.19. The molecule has 158 valence electrons. The third kappa shape index (κ3) is 5.66. The molecule has 0 spiro atoms. The van der Waals surface area contributed by atoms with E-state index < -0.39 is 0 Å². The minimum atomic E-state index is -0.0954. The van der Waals surface area contributed by atoms with Gasteiger partial charge in [-0.1, -0.05) is 59.9 Å². The molecule has 0 aliphatic heterocycles. The number of nitrogens with one attached hydrogen (secondary N) is 1. The van der Waals surface area contributed by atoms with Gasteiger partial charge in [0.25, 0.3) is 5.91 Å². The molecule has 0 bridgehead atoms. The molecule has 4 rings (SSSR count). The van der Waals surface area contributed by atoms with E-state index in [0.29, 0.717) is 12.1 Å². The van der Waals surface area contributed by atoms with Crippen molar-refractivity contribution in [3.05, 3.63) is 76.8 Å². The number of likely N-dealkylation sites (N-methyl/N-ethyl adjacent to an activating group) is 1. The number of aromatic nitrogens is 3. The number of para-hydroxylation sites is 1. The van der Waals surface area contributed by atoms with Crippen molar-refractivity contribution < 1.29 is 4.79 Å². The van der Waals surface area contributed by atoms with Crippen molar-refractivity contribution in [2.45, 2.75) is 22.8 Å². The summed E-state index contributed by atoms with van der Waals surface area (Å²) < 4.78 is 0.814. The first-order valence-corrected chi connectivity index (χ1v) is 11.6. The number of hydrogen-bond acceptors (Lipinski definition) is 7. The SMILES string of the molecule is Cc1nnc(Sc2cc(C(=O)NCCN(C)Cc3ccccc3)c3ccccc3n2)s1. The Balaban J connectivity index is 1.45. The van der Waals surface area contributed by atoms with Gasteiger partial charge >= 0.3 is 0 Å². The molecule has 0 saturated heterocycles. The maximum Gasteiger partial charge on any atom is 0.252 e. The van der Waals surface area contributed by atoms with Gasteiger partial charge in [-0.2, -0.15) is 0 Å². The lowest BCUT2D eigenvalue weighted by atomic mass is 10.1. The van der Waals surface area contributed by atoms with Crippen molar-refractivity contribution >= 4 is 39.9 Å². The van der Waals surface area contributed by atoms with E-state index in [0.717, 1.165) is 38.4 Å². The van der Waals surface area contributed by atoms with E-state index in [1.807, 2.05) is 55.5 Å². The minimum Gasteiger partial charge on any atom is -0.351 e. The molecule has 0 fully saturated rings. The van der Waals surface area contributed by atoms with Gasteiger partial charge in [-0.05, 0) is 43.4 Å². The lowest BCUT2D eigenvalue weighted by Crippen LogP contribution is -2.32. The maximum atomic E-state index is 13.0. The number of benzene rings is 2. The number of nitrogens with zero attached hydrogens (tertiary/aromatic N) is 4. The molecular weight excluding hydrogens is 426 g/mol. The van der Waals surface area contributed by atoms with E-state index >= 15 is 0 Å². The summed E-state index contributed by atoms with van der Waals surface area (Å²) in [6.07, 6.45) is 0. The number of amides is 1. The van der Waals surface area contributed by atoms with E-state index in [4.69, 9.17) is 4.98 Å². The lowest BCUT2D eigenvalue weighted by molar-refractivity contribution is 0.0951. The summed E-state index contributed by atoms with van der Waals surface area (Å²) in [6, 6.07) is 19.9. The Bertz CT molecular complexity index is 1180. The number of fused-ring (bicyclic) bond motifs is 1. The molecule has 0 aliphatic carbocycles. The molecule has 4 aromatic rings. The van der Waals surface area contributed by atoms with Crippen LogP contribution in [0.15, 0.2) is 70.0 Å². The highest BCUT2D eigenvalue weighted by Gasteiger charge is 2.15. The molecular formula is C23H23N5OS2. The first-order chi connectivity index (χ1) is 15.1. The molecule has 1 N–H and O–H groups in total. The van der Waals surface area contributed by atoms with Gasteiger partial charge in [-0.3, -0.25) is 4.79 Å². The van der Waals surface area contributed by atoms with Crippen molar-refractivity contribution in [2.24, 2.45) is 0 Å². The Labute approximate surface area is 189 Å². The smallest absolute Gasteiger partial charge is 0.252 e. The monoisotopic (exact) mass is 449 g/mol. The largest absolute Gasteiger partial charge is 0.351 e. The van der Waals surface area contributed by atoms with Gasteiger partial charge in [0, 0.05) is 25.0 Å². The molecule has 2 aromatic heterocycles. The van der Waals surface area contributed by atoms with Crippen LogP contribution in [0.1, 0.15) is 20.9 Å². The van der Waals surface area contributed by atoms with Gasteiger partial charge in [-0.15, -0.1) is 10.2 Å². The van der Waals surface area contributed by atoms with Crippen molar-refractivity contribution in [1.29, 1.82) is 0 Å². The van der Waals surface area contributed by atoms with Gasteiger partial charge < -0.3 is 10.2 Å². The molecule has 2 heterocycles. The maximum absolute atomic E-state index is 13.0. The van der Waals surface area contributed by atoms with Gasteiger partial charge in [-0.25, -0.2) is 4.98 Å². The van der Waals surface area contributed by atoms with Gasteiger partial charge in [0.05, 0.1) is 11.1 Å². The first kappa shape index (κ1) is 21.4. The summed E-state index contributed by atoms with van der Waals surface area (Å²) in [5.41, 5.74) is 2.67. The average molecular weight is 450 g/mol. The Morgan fingerprint density at radius 1 is 1.10 bits per heavy atom. The third-order valence-corrected chi connectivity index (χ3v) is 6.52. The second-order valence-corrected chi connectivity index (χ2v) is 9.64. The predicted octanol–water partition coefficient (Wildman–Crippen LogP) is 4.41. The standard InChI is InChI=1S/C23H23N5OS2/c1-16-26-27-23(30-16)31-21-14-19(18-10-6-7-11-20(18)25-21)22(29)24-12-13-28(2)15-17-8-4-3-5-9-17/h3-11,14H,12-13,15H2,1-2H3,(H,24,29). The van der Waals surface area contributed by atoms with Crippen molar-refractivity contribution in [2.75, 3.05) is 20.1 Å². The Hall–Kier alpha value is -2.81. The molecule has 0 radical (unpaired) electrons. The van der Waals surface area contributed by atoms with Crippen LogP contribution in [0.5, 0.6) is 0 Å². The summed E-state index contributed by atoms with van der Waals surface area (Å²) in [4.78, 5) is 19.9. The fraction of sp³-hybridized carbons (Fsp3) is 0.217. The fourth-order valence-corrected chi connectivity index (χ4v) is 5.01. The molecule has 0 saturated carbocycles. The first-order valence-electron chi connectivity index (χ1n) is 9.97. The summed E-state index contributed by atoms with van der Waals surface area (Å²) in [5, 5.41) is 13.8. The van der Waals surface area contributed by atoms with Crippen LogP contribution >= 0.6 is 23.1 Å². The van der Waals surface area contributed by atoms with E-state index in [1.54, 1.807) is 0 Å². The number of rotatable bonds is 8. The highest BCUT2D eigenvalue weighted by atomic mass is 32.2. The summed E-state index contributed by atoms with van der Waals surface area (Å²) in [5.74, 6) is -0.0954. The fourth-order valence-electron chi connectivity index (χ4n) is 3.23. The Kier molecular flexibility index (Phi) is 6.91. The van der Waals surface area contributed by atoms with Crippen LogP contribution in [0, 0.1) is 6.92 Å². The molecule has 0 aliphatic rings. The number of aryl methyl sites for hydroxylation is 1. The summed E-state index contributed by atoms with van der Waals surface area (Å²) in [7, 11) is 2.06. The quantitative estimate of drug-likeness (QED) is 0.430. The topological polar surface area (TPSA) is 71.0 Å². The molecule has 1 amide bonds. The normalized spacial score (nSPS) is 11.2. The molecule has 6 nitrogen and oxygen atoms in total. The van der Waals surface area contributed by atoms with E-state index in [9.17, 15) is 4.79 Å². The number of carbonyl (C=O) groups excluding carboxylic acids is 1. The van der Waals surface area contributed by atoms with Crippen molar-refractivity contribution in [1.82, 2.24) is 25.4 Å². The van der Waals surface area contributed by atoms with Crippen molar-refractivity contribution in [3.8, 4) is 0 Å². The van der Waals surface area contributed by atoms with E-state index in [1.165, 1.54) is 28.7 Å². The lowest BCUT2D eigenvalue weighted by Gasteiger charge is -2.17. The average Bonchev–Trinajstić information content (AvgIpc) is 3.18. The molecule has 0 unspecified atom stereocenters. The summed E-state index contributed by atoms with van der Waals surface area (Å²) >= 11 is 2.94. The predicted molar refractivity (Wildman–Crippen MR) is 126 cm³/mol. The Morgan fingerprint density at radius 3 is 2.65 bits per heavy atom. The third-order valence-electron chi connectivity index (χ3n) is 4.71.